The lowest BCUT2D eigenvalue weighted by Crippen LogP contribution is -1.77. The van der Waals surface area contributed by atoms with E-state index in [1.54, 1.807) is 12.3 Å². The Bertz CT molecular complexity index is 655. The first-order valence-corrected chi connectivity index (χ1v) is 4.61. The Morgan fingerprint density at radius 3 is 3.00 bits per heavy atom. The molecule has 2 aromatic heterocycles. The van der Waals surface area contributed by atoms with E-state index in [0.29, 0.717) is 12.0 Å². The average Bonchev–Trinajstić information content (AvgIpc) is 2.72. The Balaban J connectivity index is 2.52. The van der Waals surface area contributed by atoms with Crippen molar-refractivity contribution < 1.29 is 9.21 Å². The Hall–Kier alpha value is -2.16. The Morgan fingerprint density at radius 1 is 1.27 bits per heavy atom. The molecule has 0 radical (unpaired) electrons. The molecular weight excluding hydrogens is 190 g/mol. The lowest BCUT2D eigenvalue weighted by atomic mass is 10.2. The minimum absolute atomic E-state index is 0.336. The van der Waals surface area contributed by atoms with Crippen LogP contribution < -0.4 is 0 Å². The van der Waals surface area contributed by atoms with Crippen LogP contribution >= 0.6 is 0 Å². The molecule has 3 nitrogen and oxygen atoms in total. The SMILES string of the molecule is O=Cc1cc2cnc3ccccc3c2o1. The van der Waals surface area contributed by atoms with E-state index in [0.717, 1.165) is 21.9 Å². The molecule has 3 heteroatoms. The van der Waals surface area contributed by atoms with Gasteiger partial charge in [-0.25, -0.2) is 0 Å². The standard InChI is InChI=1S/C12H7NO2/c14-7-9-5-8-6-13-11-4-2-1-3-10(11)12(8)15-9/h1-7H. The van der Waals surface area contributed by atoms with Crippen molar-refractivity contribution in [1.29, 1.82) is 0 Å². The highest BCUT2D eigenvalue weighted by atomic mass is 16.3. The predicted molar refractivity (Wildman–Crippen MR) is 56.9 cm³/mol. The Morgan fingerprint density at radius 2 is 2.13 bits per heavy atom. The molecule has 0 aliphatic heterocycles. The number of aldehydes is 1. The van der Waals surface area contributed by atoms with E-state index < -0.39 is 0 Å². The molecule has 0 saturated heterocycles. The van der Waals surface area contributed by atoms with E-state index in [1.165, 1.54) is 0 Å². The first-order valence-electron chi connectivity index (χ1n) is 4.61. The maximum Gasteiger partial charge on any atom is 0.185 e. The van der Waals surface area contributed by atoms with Crippen molar-refractivity contribution in [3.63, 3.8) is 0 Å². The number of para-hydroxylation sites is 1. The lowest BCUT2D eigenvalue weighted by Gasteiger charge is -1.95. The second-order valence-corrected chi connectivity index (χ2v) is 3.33. The summed E-state index contributed by atoms with van der Waals surface area (Å²) in [6.07, 6.45) is 2.42. The zero-order valence-corrected chi connectivity index (χ0v) is 7.81. The average molecular weight is 197 g/mol. The summed E-state index contributed by atoms with van der Waals surface area (Å²) in [6.45, 7) is 0. The maximum atomic E-state index is 10.6. The highest BCUT2D eigenvalue weighted by Gasteiger charge is 2.06. The fourth-order valence-electron chi connectivity index (χ4n) is 1.71. The van der Waals surface area contributed by atoms with Crippen LogP contribution in [0.4, 0.5) is 0 Å². The molecule has 0 bridgehead atoms. The van der Waals surface area contributed by atoms with Gasteiger partial charge >= 0.3 is 0 Å². The zero-order chi connectivity index (χ0) is 10.3. The predicted octanol–water partition coefficient (Wildman–Crippen LogP) is 2.79. The van der Waals surface area contributed by atoms with E-state index in [9.17, 15) is 4.79 Å². The van der Waals surface area contributed by atoms with Gasteiger partial charge in [-0.05, 0) is 18.2 Å². The van der Waals surface area contributed by atoms with Gasteiger partial charge in [-0.3, -0.25) is 9.78 Å². The molecule has 0 atom stereocenters. The third-order valence-corrected chi connectivity index (χ3v) is 2.39. The van der Waals surface area contributed by atoms with Crippen molar-refractivity contribution in [3.05, 3.63) is 42.3 Å². The molecule has 0 spiro atoms. The number of hydrogen-bond donors (Lipinski definition) is 0. The van der Waals surface area contributed by atoms with Crippen molar-refractivity contribution >= 4 is 28.2 Å². The van der Waals surface area contributed by atoms with Crippen LogP contribution in [-0.4, -0.2) is 11.3 Å². The molecule has 0 fully saturated rings. The zero-order valence-electron chi connectivity index (χ0n) is 7.81. The van der Waals surface area contributed by atoms with Crippen LogP contribution in [0.15, 0.2) is 40.9 Å². The fourth-order valence-corrected chi connectivity index (χ4v) is 1.71. The van der Waals surface area contributed by atoms with Gasteiger partial charge in [0, 0.05) is 17.0 Å². The molecule has 0 amide bonds. The normalized spacial score (nSPS) is 10.9. The maximum absolute atomic E-state index is 10.6. The molecule has 0 aliphatic carbocycles. The van der Waals surface area contributed by atoms with Gasteiger partial charge in [-0.1, -0.05) is 12.1 Å². The van der Waals surface area contributed by atoms with Crippen LogP contribution in [0.2, 0.25) is 0 Å². The fraction of sp³-hybridized carbons (Fsp3) is 0. The van der Waals surface area contributed by atoms with E-state index in [2.05, 4.69) is 4.98 Å². The third-order valence-electron chi connectivity index (χ3n) is 2.39. The molecule has 0 aliphatic rings. The number of pyridine rings is 1. The molecule has 15 heavy (non-hydrogen) atoms. The molecule has 0 N–H and O–H groups in total. The van der Waals surface area contributed by atoms with Gasteiger partial charge in [0.2, 0.25) is 0 Å². The minimum atomic E-state index is 0.336. The van der Waals surface area contributed by atoms with Crippen LogP contribution in [0, 0.1) is 0 Å². The number of carbonyl (C=O) groups excluding carboxylic acids is 1. The number of furan rings is 1. The highest BCUT2D eigenvalue weighted by molar-refractivity contribution is 6.03. The Kier molecular flexibility index (Phi) is 1.59. The van der Waals surface area contributed by atoms with Gasteiger partial charge < -0.3 is 4.42 Å². The minimum Gasteiger partial charge on any atom is -0.453 e. The number of nitrogens with zero attached hydrogens (tertiary/aromatic N) is 1. The summed E-state index contributed by atoms with van der Waals surface area (Å²) < 4.78 is 5.42. The summed E-state index contributed by atoms with van der Waals surface area (Å²) in [4.78, 5) is 14.9. The quantitative estimate of drug-likeness (QED) is 0.563. The summed E-state index contributed by atoms with van der Waals surface area (Å²) in [5, 5.41) is 1.79. The van der Waals surface area contributed by atoms with Gasteiger partial charge in [-0.15, -0.1) is 0 Å². The number of benzene rings is 1. The van der Waals surface area contributed by atoms with Gasteiger partial charge in [0.1, 0.15) is 5.58 Å². The first-order chi connectivity index (χ1) is 7.38. The number of hydrogen-bond acceptors (Lipinski definition) is 3. The summed E-state index contributed by atoms with van der Waals surface area (Å²) in [5.41, 5.74) is 1.60. The van der Waals surface area contributed by atoms with Crippen molar-refractivity contribution in [3.8, 4) is 0 Å². The first kappa shape index (κ1) is 8.17. The molecule has 3 aromatic rings. The van der Waals surface area contributed by atoms with E-state index in [1.807, 2.05) is 24.3 Å². The van der Waals surface area contributed by atoms with Crippen LogP contribution in [-0.2, 0) is 0 Å². The molecule has 1 aromatic carbocycles. The lowest BCUT2D eigenvalue weighted by molar-refractivity contribution is 0.110. The van der Waals surface area contributed by atoms with E-state index >= 15 is 0 Å². The van der Waals surface area contributed by atoms with Crippen LogP contribution in [0.3, 0.4) is 0 Å². The molecular formula is C12H7NO2. The van der Waals surface area contributed by atoms with Crippen molar-refractivity contribution in [1.82, 2.24) is 4.98 Å². The molecule has 72 valence electrons. The van der Waals surface area contributed by atoms with Crippen LogP contribution in [0.1, 0.15) is 10.6 Å². The molecule has 0 unspecified atom stereocenters. The number of fused-ring (bicyclic) bond motifs is 3. The highest BCUT2D eigenvalue weighted by Crippen LogP contribution is 2.25. The largest absolute Gasteiger partial charge is 0.453 e. The van der Waals surface area contributed by atoms with Gasteiger partial charge in [0.05, 0.1) is 5.52 Å². The van der Waals surface area contributed by atoms with E-state index in [4.69, 9.17) is 4.42 Å². The second-order valence-electron chi connectivity index (χ2n) is 3.33. The number of carbonyl (C=O) groups is 1. The van der Waals surface area contributed by atoms with Gasteiger partial charge in [0.25, 0.3) is 0 Å². The molecule has 3 rings (SSSR count). The topological polar surface area (TPSA) is 43.1 Å². The van der Waals surface area contributed by atoms with Crippen LogP contribution in [0.5, 0.6) is 0 Å². The van der Waals surface area contributed by atoms with E-state index in [-0.39, 0.29) is 0 Å². The third kappa shape index (κ3) is 1.13. The van der Waals surface area contributed by atoms with Gasteiger partial charge in [-0.2, -0.15) is 0 Å². The smallest absolute Gasteiger partial charge is 0.185 e. The Labute approximate surface area is 85.3 Å². The number of aromatic nitrogens is 1. The van der Waals surface area contributed by atoms with Gasteiger partial charge in [0.15, 0.2) is 12.0 Å². The van der Waals surface area contributed by atoms with Crippen molar-refractivity contribution in [2.45, 2.75) is 0 Å². The summed E-state index contributed by atoms with van der Waals surface area (Å²) in [5.74, 6) is 0.336. The van der Waals surface area contributed by atoms with Crippen molar-refractivity contribution in [2.24, 2.45) is 0 Å². The van der Waals surface area contributed by atoms with Crippen LogP contribution in [0.25, 0.3) is 21.9 Å². The molecule has 2 heterocycles. The summed E-state index contributed by atoms with van der Waals surface area (Å²) >= 11 is 0. The summed E-state index contributed by atoms with van der Waals surface area (Å²) in [6, 6.07) is 9.39. The summed E-state index contributed by atoms with van der Waals surface area (Å²) in [7, 11) is 0. The second kappa shape index (κ2) is 2.92. The molecule has 0 saturated carbocycles. The monoisotopic (exact) mass is 197 g/mol. The van der Waals surface area contributed by atoms with Crippen molar-refractivity contribution in [2.75, 3.05) is 0 Å². The number of rotatable bonds is 1.